The SMILES string of the molecule is CCCC[C@@H](/C=N/Nc1ccc([N+](=O)[O-])cn1)CC. The highest BCUT2D eigenvalue weighted by Crippen LogP contribution is 2.12. The second kappa shape index (κ2) is 8.18. The van der Waals surface area contributed by atoms with Gasteiger partial charge in [0.2, 0.25) is 0 Å². The van der Waals surface area contributed by atoms with Crippen LogP contribution in [0.3, 0.4) is 0 Å². The summed E-state index contributed by atoms with van der Waals surface area (Å²) in [5.41, 5.74) is 2.76. The highest BCUT2D eigenvalue weighted by atomic mass is 16.6. The fourth-order valence-electron chi connectivity index (χ4n) is 1.62. The molecule has 1 N–H and O–H groups in total. The van der Waals surface area contributed by atoms with Crippen LogP contribution in [0.1, 0.15) is 39.5 Å². The Hall–Kier alpha value is -1.98. The lowest BCUT2D eigenvalue weighted by atomic mass is 10.0. The fourth-order valence-corrected chi connectivity index (χ4v) is 1.62. The first-order chi connectivity index (χ1) is 9.17. The van der Waals surface area contributed by atoms with Gasteiger partial charge in [0.1, 0.15) is 12.0 Å². The summed E-state index contributed by atoms with van der Waals surface area (Å²) in [4.78, 5) is 13.9. The number of aromatic nitrogens is 1. The number of anilines is 1. The number of nitro groups is 1. The zero-order chi connectivity index (χ0) is 14.1. The fraction of sp³-hybridized carbons (Fsp3) is 0.538. The lowest BCUT2D eigenvalue weighted by molar-refractivity contribution is -0.385. The summed E-state index contributed by atoms with van der Waals surface area (Å²) in [5.74, 6) is 0.970. The molecule has 0 radical (unpaired) electrons. The van der Waals surface area contributed by atoms with Crippen LogP contribution in [0.15, 0.2) is 23.4 Å². The molecular weight excluding hydrogens is 244 g/mol. The van der Waals surface area contributed by atoms with Gasteiger partial charge in [0.05, 0.1) is 4.92 Å². The molecule has 1 heterocycles. The van der Waals surface area contributed by atoms with E-state index in [4.69, 9.17) is 0 Å². The molecule has 0 unspecified atom stereocenters. The molecule has 0 saturated heterocycles. The molecule has 19 heavy (non-hydrogen) atoms. The smallest absolute Gasteiger partial charge is 0.262 e. The average Bonchev–Trinajstić information content (AvgIpc) is 2.43. The van der Waals surface area contributed by atoms with Gasteiger partial charge in [0.15, 0.2) is 0 Å². The number of hydrogen-bond acceptors (Lipinski definition) is 5. The first-order valence-corrected chi connectivity index (χ1v) is 6.57. The lowest BCUT2D eigenvalue weighted by Crippen LogP contribution is -2.02. The van der Waals surface area contributed by atoms with Crippen molar-refractivity contribution in [2.24, 2.45) is 11.0 Å². The van der Waals surface area contributed by atoms with Crippen LogP contribution >= 0.6 is 0 Å². The van der Waals surface area contributed by atoms with Gasteiger partial charge in [-0.2, -0.15) is 5.10 Å². The minimum Gasteiger partial charge on any atom is -0.262 e. The van der Waals surface area contributed by atoms with Gasteiger partial charge in [-0.3, -0.25) is 15.5 Å². The normalized spacial score (nSPS) is 12.5. The summed E-state index contributed by atoms with van der Waals surface area (Å²) in [7, 11) is 0. The molecular formula is C13H20N4O2. The highest BCUT2D eigenvalue weighted by Gasteiger charge is 2.05. The number of rotatable bonds is 8. The van der Waals surface area contributed by atoms with E-state index < -0.39 is 4.92 Å². The van der Waals surface area contributed by atoms with Crippen molar-refractivity contribution < 1.29 is 4.92 Å². The number of hydrazone groups is 1. The first-order valence-electron chi connectivity index (χ1n) is 6.57. The van der Waals surface area contributed by atoms with Crippen molar-refractivity contribution in [2.75, 3.05) is 5.43 Å². The molecule has 1 atom stereocenters. The number of unbranched alkanes of at least 4 members (excludes halogenated alkanes) is 1. The second-order valence-corrected chi connectivity index (χ2v) is 4.36. The summed E-state index contributed by atoms with van der Waals surface area (Å²) < 4.78 is 0. The van der Waals surface area contributed by atoms with Gasteiger partial charge < -0.3 is 0 Å². The predicted molar refractivity (Wildman–Crippen MR) is 76.3 cm³/mol. The van der Waals surface area contributed by atoms with Crippen LogP contribution in [0.25, 0.3) is 0 Å². The Morgan fingerprint density at radius 1 is 1.53 bits per heavy atom. The van der Waals surface area contributed by atoms with E-state index in [1.165, 1.54) is 25.1 Å². The minimum atomic E-state index is -0.474. The van der Waals surface area contributed by atoms with Gasteiger partial charge in [-0.15, -0.1) is 0 Å². The number of pyridine rings is 1. The average molecular weight is 264 g/mol. The van der Waals surface area contributed by atoms with E-state index in [-0.39, 0.29) is 5.69 Å². The molecule has 1 aromatic rings. The Morgan fingerprint density at radius 2 is 2.32 bits per heavy atom. The van der Waals surface area contributed by atoms with Gasteiger partial charge in [0.25, 0.3) is 5.69 Å². The molecule has 6 heteroatoms. The molecule has 0 saturated carbocycles. The van der Waals surface area contributed by atoms with E-state index in [0.29, 0.717) is 11.7 Å². The van der Waals surface area contributed by atoms with Gasteiger partial charge in [-0.1, -0.05) is 26.7 Å². The molecule has 0 amide bonds. The standard InChI is InChI=1S/C13H20N4O2/c1-3-5-6-11(4-2)9-15-16-13-8-7-12(10-14-13)17(18)19/h7-11H,3-6H2,1-2H3,(H,14,16)/b15-9+/t11-/m0/s1. The van der Waals surface area contributed by atoms with Crippen molar-refractivity contribution in [1.29, 1.82) is 0 Å². The zero-order valence-electron chi connectivity index (χ0n) is 11.4. The molecule has 0 aliphatic rings. The molecule has 0 spiro atoms. The first kappa shape index (κ1) is 15.1. The Morgan fingerprint density at radius 3 is 2.84 bits per heavy atom. The van der Waals surface area contributed by atoms with E-state index in [9.17, 15) is 10.1 Å². The summed E-state index contributed by atoms with van der Waals surface area (Å²) in [6.07, 6.45) is 7.66. The second-order valence-electron chi connectivity index (χ2n) is 4.36. The van der Waals surface area contributed by atoms with Crippen LogP contribution in [0, 0.1) is 16.0 Å². The van der Waals surface area contributed by atoms with Crippen molar-refractivity contribution in [3.05, 3.63) is 28.4 Å². The van der Waals surface area contributed by atoms with Crippen molar-refractivity contribution in [3.8, 4) is 0 Å². The topological polar surface area (TPSA) is 80.4 Å². The van der Waals surface area contributed by atoms with Crippen LogP contribution in [-0.2, 0) is 0 Å². The van der Waals surface area contributed by atoms with Gasteiger partial charge in [0, 0.05) is 12.3 Å². The third-order valence-corrected chi connectivity index (χ3v) is 2.88. The Bertz CT molecular complexity index is 417. The van der Waals surface area contributed by atoms with Crippen LogP contribution < -0.4 is 5.43 Å². The summed E-state index contributed by atoms with van der Waals surface area (Å²) >= 11 is 0. The third-order valence-electron chi connectivity index (χ3n) is 2.88. The number of hydrogen-bond donors (Lipinski definition) is 1. The molecule has 0 aliphatic carbocycles. The Labute approximate surface area is 113 Å². The highest BCUT2D eigenvalue weighted by molar-refractivity contribution is 5.62. The summed E-state index contributed by atoms with van der Waals surface area (Å²) in [6, 6.07) is 2.95. The predicted octanol–water partition coefficient (Wildman–Crippen LogP) is 3.60. The van der Waals surface area contributed by atoms with Crippen molar-refractivity contribution in [3.63, 3.8) is 0 Å². The number of nitrogens with one attached hydrogen (secondary N) is 1. The Balaban J connectivity index is 2.48. The number of nitrogens with zero attached hydrogens (tertiary/aromatic N) is 3. The van der Waals surface area contributed by atoms with Gasteiger partial charge in [-0.25, -0.2) is 4.98 Å². The van der Waals surface area contributed by atoms with Crippen molar-refractivity contribution in [2.45, 2.75) is 39.5 Å². The van der Waals surface area contributed by atoms with Crippen molar-refractivity contribution >= 4 is 17.7 Å². The molecule has 0 aromatic carbocycles. The van der Waals surface area contributed by atoms with E-state index in [1.54, 1.807) is 6.07 Å². The molecule has 1 rings (SSSR count). The van der Waals surface area contributed by atoms with E-state index in [2.05, 4.69) is 29.4 Å². The molecule has 0 fully saturated rings. The van der Waals surface area contributed by atoms with Crippen LogP contribution in [0.5, 0.6) is 0 Å². The van der Waals surface area contributed by atoms with Gasteiger partial charge in [-0.05, 0) is 24.8 Å². The molecule has 1 aromatic heterocycles. The van der Waals surface area contributed by atoms with Crippen LogP contribution in [0.4, 0.5) is 11.5 Å². The molecule has 104 valence electrons. The van der Waals surface area contributed by atoms with E-state index in [0.717, 1.165) is 12.8 Å². The van der Waals surface area contributed by atoms with Gasteiger partial charge >= 0.3 is 0 Å². The molecule has 6 nitrogen and oxygen atoms in total. The quantitative estimate of drug-likeness (QED) is 0.442. The maximum Gasteiger partial charge on any atom is 0.287 e. The molecule has 0 aliphatic heterocycles. The van der Waals surface area contributed by atoms with Crippen LogP contribution in [0.2, 0.25) is 0 Å². The zero-order valence-corrected chi connectivity index (χ0v) is 11.4. The van der Waals surface area contributed by atoms with E-state index >= 15 is 0 Å². The third kappa shape index (κ3) is 5.46. The molecule has 0 bridgehead atoms. The maximum atomic E-state index is 10.5. The summed E-state index contributed by atoms with van der Waals surface area (Å²) in [5, 5.41) is 14.6. The van der Waals surface area contributed by atoms with Crippen molar-refractivity contribution in [1.82, 2.24) is 4.98 Å². The van der Waals surface area contributed by atoms with E-state index in [1.807, 2.05) is 6.21 Å². The lowest BCUT2D eigenvalue weighted by Gasteiger charge is -2.07. The largest absolute Gasteiger partial charge is 0.287 e. The maximum absolute atomic E-state index is 10.5. The minimum absolute atomic E-state index is 0.0242. The Kier molecular flexibility index (Phi) is 6.49. The van der Waals surface area contributed by atoms with Crippen LogP contribution in [-0.4, -0.2) is 16.1 Å². The monoisotopic (exact) mass is 264 g/mol. The summed E-state index contributed by atoms with van der Waals surface area (Å²) in [6.45, 7) is 4.30.